The number of benzene rings is 1. The molecular weight excluding hydrogens is 246 g/mol. The average molecular weight is 265 g/mol. The first-order chi connectivity index (χ1) is 8.96. The summed E-state index contributed by atoms with van der Waals surface area (Å²) in [6, 6.07) is 5.57. The second kappa shape index (κ2) is 5.09. The van der Waals surface area contributed by atoms with Crippen LogP contribution in [0.1, 0.15) is 24.0 Å². The zero-order chi connectivity index (χ0) is 14.0. The molecule has 0 aliphatic carbocycles. The third-order valence-corrected chi connectivity index (χ3v) is 3.80. The number of likely N-dealkylation sites (tertiary alicyclic amines) is 1. The van der Waals surface area contributed by atoms with Crippen LogP contribution in [-0.4, -0.2) is 41.4 Å². The van der Waals surface area contributed by atoms with Crippen LogP contribution in [-0.2, 0) is 5.60 Å². The third-order valence-electron chi connectivity index (χ3n) is 3.80. The van der Waals surface area contributed by atoms with E-state index in [0.717, 1.165) is 16.9 Å². The SMILES string of the molecule is COc1ccc(C2(O)CCN(C(=O)O)CC2)c(C)c1. The number of amides is 1. The van der Waals surface area contributed by atoms with E-state index in [0.29, 0.717) is 25.9 Å². The maximum atomic E-state index is 10.9. The lowest BCUT2D eigenvalue weighted by Crippen LogP contribution is -2.44. The van der Waals surface area contributed by atoms with Crippen LogP contribution in [0.5, 0.6) is 5.75 Å². The first kappa shape index (κ1) is 13.7. The van der Waals surface area contributed by atoms with Gasteiger partial charge in [0.25, 0.3) is 0 Å². The van der Waals surface area contributed by atoms with Crippen LogP contribution in [0.15, 0.2) is 18.2 Å². The number of carbonyl (C=O) groups is 1. The lowest BCUT2D eigenvalue weighted by molar-refractivity contribution is -0.0218. The van der Waals surface area contributed by atoms with Crippen molar-refractivity contribution >= 4 is 6.09 Å². The summed E-state index contributed by atoms with van der Waals surface area (Å²) in [5, 5.41) is 19.7. The highest BCUT2D eigenvalue weighted by Gasteiger charge is 2.36. The van der Waals surface area contributed by atoms with Crippen molar-refractivity contribution in [2.75, 3.05) is 20.2 Å². The lowest BCUT2D eigenvalue weighted by atomic mass is 9.82. The number of carboxylic acid groups (broad SMARTS) is 1. The Kier molecular flexibility index (Phi) is 3.66. The molecule has 0 atom stereocenters. The molecule has 1 aliphatic rings. The second-order valence-corrected chi connectivity index (χ2v) is 4.98. The normalized spacial score (nSPS) is 18.2. The summed E-state index contributed by atoms with van der Waals surface area (Å²) < 4.78 is 5.15. The van der Waals surface area contributed by atoms with E-state index in [9.17, 15) is 9.90 Å². The first-order valence-electron chi connectivity index (χ1n) is 6.31. The molecule has 0 bridgehead atoms. The molecule has 1 aliphatic heterocycles. The summed E-state index contributed by atoms with van der Waals surface area (Å²) in [4.78, 5) is 12.2. The highest BCUT2D eigenvalue weighted by Crippen LogP contribution is 2.35. The van der Waals surface area contributed by atoms with Gasteiger partial charge in [0, 0.05) is 13.1 Å². The Morgan fingerprint density at radius 3 is 2.47 bits per heavy atom. The van der Waals surface area contributed by atoms with Gasteiger partial charge in [-0.1, -0.05) is 6.07 Å². The quantitative estimate of drug-likeness (QED) is 0.857. The van der Waals surface area contributed by atoms with E-state index in [-0.39, 0.29) is 0 Å². The fourth-order valence-corrected chi connectivity index (χ4v) is 2.62. The fraction of sp³-hybridized carbons (Fsp3) is 0.500. The Morgan fingerprint density at radius 2 is 2.00 bits per heavy atom. The maximum Gasteiger partial charge on any atom is 0.407 e. The van der Waals surface area contributed by atoms with E-state index >= 15 is 0 Å². The van der Waals surface area contributed by atoms with Gasteiger partial charge in [0.15, 0.2) is 0 Å². The molecule has 1 aromatic carbocycles. The molecule has 2 N–H and O–H groups in total. The van der Waals surface area contributed by atoms with E-state index in [2.05, 4.69) is 0 Å². The molecule has 1 saturated heterocycles. The largest absolute Gasteiger partial charge is 0.497 e. The van der Waals surface area contributed by atoms with Gasteiger partial charge in [0.1, 0.15) is 5.75 Å². The minimum atomic E-state index is -0.942. The second-order valence-electron chi connectivity index (χ2n) is 4.98. The molecule has 0 saturated carbocycles. The molecule has 1 amide bonds. The number of nitrogens with zero attached hydrogens (tertiary/aromatic N) is 1. The molecule has 104 valence electrons. The number of hydrogen-bond donors (Lipinski definition) is 2. The number of ether oxygens (including phenoxy) is 1. The molecule has 2 rings (SSSR count). The minimum Gasteiger partial charge on any atom is -0.497 e. The van der Waals surface area contributed by atoms with Gasteiger partial charge in [-0.25, -0.2) is 4.79 Å². The molecule has 0 radical (unpaired) electrons. The standard InChI is InChI=1S/C14H19NO4/c1-10-9-11(19-2)3-4-12(10)14(18)5-7-15(8-6-14)13(16)17/h3-4,9,18H,5-8H2,1-2H3,(H,16,17). The number of aryl methyl sites for hydroxylation is 1. The molecule has 19 heavy (non-hydrogen) atoms. The summed E-state index contributed by atoms with van der Waals surface area (Å²) in [6.45, 7) is 2.65. The molecule has 1 fully saturated rings. The van der Waals surface area contributed by atoms with Gasteiger partial charge in [-0.15, -0.1) is 0 Å². The topological polar surface area (TPSA) is 70.0 Å². The molecule has 5 nitrogen and oxygen atoms in total. The van der Waals surface area contributed by atoms with Crippen LogP contribution in [0.4, 0.5) is 4.79 Å². The number of methoxy groups -OCH3 is 1. The highest BCUT2D eigenvalue weighted by molar-refractivity contribution is 5.65. The van der Waals surface area contributed by atoms with Crippen molar-refractivity contribution in [1.29, 1.82) is 0 Å². The van der Waals surface area contributed by atoms with Crippen LogP contribution in [0.2, 0.25) is 0 Å². The molecule has 1 aromatic rings. The van der Waals surface area contributed by atoms with Gasteiger partial charge in [0.05, 0.1) is 12.7 Å². The zero-order valence-corrected chi connectivity index (χ0v) is 11.2. The molecule has 0 unspecified atom stereocenters. The summed E-state index contributed by atoms with van der Waals surface area (Å²) >= 11 is 0. The smallest absolute Gasteiger partial charge is 0.407 e. The third kappa shape index (κ3) is 2.66. The summed E-state index contributed by atoms with van der Waals surface area (Å²) in [5.74, 6) is 0.757. The Labute approximate surface area is 112 Å². The van der Waals surface area contributed by atoms with Gasteiger partial charge in [-0.05, 0) is 43.0 Å². The van der Waals surface area contributed by atoms with E-state index in [1.54, 1.807) is 7.11 Å². The number of hydrogen-bond acceptors (Lipinski definition) is 3. The highest BCUT2D eigenvalue weighted by atomic mass is 16.5. The molecule has 1 heterocycles. The Hall–Kier alpha value is -1.75. The summed E-state index contributed by atoms with van der Waals surface area (Å²) in [6.07, 6.45) is -0.0765. The molecular formula is C14H19NO4. The fourth-order valence-electron chi connectivity index (χ4n) is 2.62. The van der Waals surface area contributed by atoms with E-state index in [1.165, 1.54) is 4.90 Å². The van der Waals surface area contributed by atoms with Gasteiger partial charge in [-0.2, -0.15) is 0 Å². The van der Waals surface area contributed by atoms with Crippen molar-refractivity contribution in [1.82, 2.24) is 4.90 Å². The van der Waals surface area contributed by atoms with E-state index in [1.807, 2.05) is 25.1 Å². The van der Waals surface area contributed by atoms with Crippen molar-refractivity contribution in [3.8, 4) is 5.75 Å². The van der Waals surface area contributed by atoms with Gasteiger partial charge in [0.2, 0.25) is 0 Å². The van der Waals surface area contributed by atoms with Crippen LogP contribution in [0, 0.1) is 6.92 Å². The average Bonchev–Trinajstić information content (AvgIpc) is 2.38. The summed E-state index contributed by atoms with van der Waals surface area (Å²) in [7, 11) is 1.61. The number of rotatable bonds is 2. The minimum absolute atomic E-state index is 0.358. The Balaban J connectivity index is 2.20. The first-order valence-corrected chi connectivity index (χ1v) is 6.31. The van der Waals surface area contributed by atoms with Crippen LogP contribution >= 0.6 is 0 Å². The zero-order valence-electron chi connectivity index (χ0n) is 11.2. The van der Waals surface area contributed by atoms with Crippen molar-refractivity contribution in [3.05, 3.63) is 29.3 Å². The van der Waals surface area contributed by atoms with Gasteiger partial charge < -0.3 is 19.8 Å². The molecule has 0 spiro atoms. The van der Waals surface area contributed by atoms with Crippen molar-refractivity contribution in [2.24, 2.45) is 0 Å². The number of aliphatic hydroxyl groups is 1. The van der Waals surface area contributed by atoms with Crippen molar-refractivity contribution in [3.63, 3.8) is 0 Å². The van der Waals surface area contributed by atoms with Crippen LogP contribution in [0.3, 0.4) is 0 Å². The summed E-state index contributed by atoms with van der Waals surface area (Å²) in [5.41, 5.74) is 0.881. The van der Waals surface area contributed by atoms with E-state index in [4.69, 9.17) is 9.84 Å². The predicted octanol–water partition coefficient (Wildman–Crippen LogP) is 1.97. The predicted molar refractivity (Wildman–Crippen MR) is 70.5 cm³/mol. The number of piperidine rings is 1. The lowest BCUT2D eigenvalue weighted by Gasteiger charge is -2.38. The van der Waals surface area contributed by atoms with Crippen LogP contribution < -0.4 is 4.74 Å². The van der Waals surface area contributed by atoms with Gasteiger partial charge >= 0.3 is 6.09 Å². The Bertz CT molecular complexity index is 478. The molecule has 0 aromatic heterocycles. The Morgan fingerprint density at radius 1 is 1.37 bits per heavy atom. The maximum absolute atomic E-state index is 10.9. The van der Waals surface area contributed by atoms with Crippen molar-refractivity contribution in [2.45, 2.75) is 25.4 Å². The molecule has 5 heteroatoms. The van der Waals surface area contributed by atoms with E-state index < -0.39 is 11.7 Å². The monoisotopic (exact) mass is 265 g/mol. The van der Waals surface area contributed by atoms with Crippen LogP contribution in [0.25, 0.3) is 0 Å². The van der Waals surface area contributed by atoms with Crippen molar-refractivity contribution < 1.29 is 19.7 Å². The van der Waals surface area contributed by atoms with Gasteiger partial charge in [-0.3, -0.25) is 0 Å².